The Kier molecular flexibility index (Phi) is 4.14. The summed E-state index contributed by atoms with van der Waals surface area (Å²) in [5.41, 5.74) is 1.96. The molecular weight excluding hydrogens is 330 g/mol. The summed E-state index contributed by atoms with van der Waals surface area (Å²) in [6.45, 7) is 0.369. The molecule has 6 nitrogen and oxygen atoms in total. The van der Waals surface area contributed by atoms with Crippen molar-refractivity contribution in [3.05, 3.63) is 63.9 Å². The van der Waals surface area contributed by atoms with E-state index in [9.17, 15) is 15.0 Å². The zero-order valence-corrected chi connectivity index (χ0v) is 14.3. The smallest absolute Gasteiger partial charge is 0.195 e. The highest BCUT2D eigenvalue weighted by molar-refractivity contribution is 5.92. The zero-order valence-electron chi connectivity index (χ0n) is 14.3. The highest BCUT2D eigenvalue weighted by atomic mass is 16.3. The molecule has 0 radical (unpaired) electrons. The maximum Gasteiger partial charge on any atom is 0.195 e. The lowest BCUT2D eigenvalue weighted by atomic mass is 10.0. The Morgan fingerprint density at radius 1 is 1.23 bits per heavy atom. The average molecular weight is 349 g/mol. The molecule has 132 valence electrons. The molecule has 2 heterocycles. The first-order valence-electron chi connectivity index (χ1n) is 8.47. The Labute approximate surface area is 150 Å². The van der Waals surface area contributed by atoms with Gasteiger partial charge in [-0.3, -0.25) is 14.8 Å². The third-order valence-corrected chi connectivity index (χ3v) is 4.82. The second-order valence-corrected chi connectivity index (χ2v) is 6.62. The van der Waals surface area contributed by atoms with Crippen molar-refractivity contribution in [2.75, 3.05) is 20.2 Å². The third-order valence-electron chi connectivity index (χ3n) is 4.82. The van der Waals surface area contributed by atoms with Crippen LogP contribution in [0, 0.1) is 0 Å². The SMILES string of the molecule is CN1CC(c2cnc3ccc4ccc(C(O)CO)cc4c(=O)c3c2)C=N1. The molecule has 0 spiro atoms. The third kappa shape index (κ3) is 2.83. The van der Waals surface area contributed by atoms with E-state index in [1.54, 1.807) is 24.4 Å². The molecule has 1 aliphatic rings. The van der Waals surface area contributed by atoms with Crippen LogP contribution in [0.1, 0.15) is 23.1 Å². The van der Waals surface area contributed by atoms with Crippen LogP contribution in [-0.2, 0) is 0 Å². The van der Waals surface area contributed by atoms with Gasteiger partial charge in [0.25, 0.3) is 0 Å². The molecule has 0 amide bonds. The van der Waals surface area contributed by atoms with Gasteiger partial charge in [-0.15, -0.1) is 0 Å². The molecule has 0 aliphatic carbocycles. The monoisotopic (exact) mass is 349 g/mol. The topological polar surface area (TPSA) is 86.0 Å². The van der Waals surface area contributed by atoms with Gasteiger partial charge >= 0.3 is 0 Å². The molecule has 2 N–H and O–H groups in total. The second-order valence-electron chi connectivity index (χ2n) is 6.62. The summed E-state index contributed by atoms with van der Waals surface area (Å²) >= 11 is 0. The Morgan fingerprint density at radius 2 is 2.04 bits per heavy atom. The van der Waals surface area contributed by atoms with Crippen molar-refractivity contribution in [1.82, 2.24) is 9.99 Å². The molecule has 0 saturated heterocycles. The van der Waals surface area contributed by atoms with E-state index in [1.807, 2.05) is 36.5 Å². The minimum absolute atomic E-state index is 0.111. The Morgan fingerprint density at radius 3 is 2.77 bits per heavy atom. The zero-order chi connectivity index (χ0) is 18.3. The van der Waals surface area contributed by atoms with Crippen molar-refractivity contribution in [2.24, 2.45) is 5.10 Å². The Bertz CT molecular complexity index is 1080. The maximum absolute atomic E-state index is 13.2. The van der Waals surface area contributed by atoms with Crippen LogP contribution in [0.2, 0.25) is 0 Å². The van der Waals surface area contributed by atoms with Gasteiger partial charge in [0.05, 0.1) is 12.1 Å². The molecule has 2 atom stereocenters. The van der Waals surface area contributed by atoms with Gasteiger partial charge in [-0.25, -0.2) is 0 Å². The molecule has 0 bridgehead atoms. The van der Waals surface area contributed by atoms with E-state index in [2.05, 4.69) is 10.1 Å². The highest BCUT2D eigenvalue weighted by Gasteiger charge is 2.18. The fraction of sp³-hybridized carbons (Fsp3) is 0.250. The number of hydrogen-bond acceptors (Lipinski definition) is 6. The van der Waals surface area contributed by atoms with Crippen LogP contribution in [-0.4, -0.2) is 46.6 Å². The molecule has 1 aliphatic heterocycles. The maximum atomic E-state index is 13.2. The first kappa shape index (κ1) is 16.6. The number of aromatic nitrogens is 1. The van der Waals surface area contributed by atoms with Gasteiger partial charge in [0.15, 0.2) is 5.43 Å². The number of hydrazone groups is 1. The standard InChI is InChI=1S/C20H19N3O3/c1-23-10-15(9-22-23)14-7-17-18(21-8-14)5-4-12-2-3-13(19(25)11-24)6-16(12)20(17)26/h2-9,15,19,24-25H,10-11H2,1H3. The normalized spacial score (nSPS) is 18.0. The number of nitrogens with zero attached hydrogens (tertiary/aromatic N) is 3. The van der Waals surface area contributed by atoms with E-state index in [0.717, 1.165) is 17.5 Å². The van der Waals surface area contributed by atoms with Crippen molar-refractivity contribution >= 4 is 27.9 Å². The van der Waals surface area contributed by atoms with E-state index < -0.39 is 6.10 Å². The predicted octanol–water partition coefficient (Wildman–Crippen LogP) is 1.79. The number of aliphatic hydroxyl groups is 2. The molecule has 2 unspecified atom stereocenters. The van der Waals surface area contributed by atoms with Gasteiger partial charge < -0.3 is 10.2 Å². The largest absolute Gasteiger partial charge is 0.393 e. The summed E-state index contributed by atoms with van der Waals surface area (Å²) in [5.74, 6) is 0.111. The van der Waals surface area contributed by atoms with Gasteiger partial charge in [0.1, 0.15) is 6.10 Å². The fourth-order valence-corrected chi connectivity index (χ4v) is 3.32. The quantitative estimate of drug-likeness (QED) is 0.753. The minimum Gasteiger partial charge on any atom is -0.393 e. The summed E-state index contributed by atoms with van der Waals surface area (Å²) in [5, 5.41) is 27.0. The van der Waals surface area contributed by atoms with Gasteiger partial charge in [-0.2, -0.15) is 5.10 Å². The van der Waals surface area contributed by atoms with Gasteiger partial charge in [0.2, 0.25) is 0 Å². The molecule has 0 saturated carbocycles. The molecule has 26 heavy (non-hydrogen) atoms. The average Bonchev–Trinajstić information content (AvgIpc) is 3.05. The van der Waals surface area contributed by atoms with Gasteiger partial charge in [0, 0.05) is 42.7 Å². The summed E-state index contributed by atoms with van der Waals surface area (Å²) in [6, 6.07) is 10.7. The molecule has 2 aromatic carbocycles. The van der Waals surface area contributed by atoms with Crippen molar-refractivity contribution in [3.63, 3.8) is 0 Å². The van der Waals surface area contributed by atoms with Crippen LogP contribution < -0.4 is 5.43 Å². The number of benzene rings is 1. The van der Waals surface area contributed by atoms with Crippen molar-refractivity contribution in [2.45, 2.75) is 12.0 Å². The van der Waals surface area contributed by atoms with Crippen LogP contribution >= 0.6 is 0 Å². The van der Waals surface area contributed by atoms with E-state index >= 15 is 0 Å². The number of hydrogen-bond donors (Lipinski definition) is 2. The van der Waals surface area contributed by atoms with E-state index in [1.165, 1.54) is 0 Å². The molecule has 3 aromatic rings. The van der Waals surface area contributed by atoms with E-state index in [0.29, 0.717) is 21.9 Å². The van der Waals surface area contributed by atoms with Crippen LogP contribution in [0.3, 0.4) is 0 Å². The van der Waals surface area contributed by atoms with E-state index in [-0.39, 0.29) is 18.0 Å². The lowest BCUT2D eigenvalue weighted by Gasteiger charge is -2.10. The summed E-state index contributed by atoms with van der Waals surface area (Å²) in [6.07, 6.45) is 2.65. The summed E-state index contributed by atoms with van der Waals surface area (Å²) in [7, 11) is 1.91. The molecule has 4 rings (SSSR count). The van der Waals surface area contributed by atoms with Crippen LogP contribution in [0.4, 0.5) is 0 Å². The van der Waals surface area contributed by atoms with Gasteiger partial charge in [-0.05, 0) is 34.7 Å². The number of pyridine rings is 1. The number of fused-ring (bicyclic) bond motifs is 2. The highest BCUT2D eigenvalue weighted by Crippen LogP contribution is 2.23. The van der Waals surface area contributed by atoms with Crippen molar-refractivity contribution in [3.8, 4) is 0 Å². The number of aliphatic hydroxyl groups excluding tert-OH is 2. The first-order chi connectivity index (χ1) is 12.6. The lowest BCUT2D eigenvalue weighted by Crippen LogP contribution is -2.12. The van der Waals surface area contributed by atoms with E-state index in [4.69, 9.17) is 0 Å². The molecular formula is C20H19N3O3. The van der Waals surface area contributed by atoms with Crippen LogP contribution in [0.15, 0.2) is 52.5 Å². The first-order valence-corrected chi connectivity index (χ1v) is 8.47. The fourth-order valence-electron chi connectivity index (χ4n) is 3.32. The summed E-state index contributed by atoms with van der Waals surface area (Å²) in [4.78, 5) is 17.6. The Hall–Kier alpha value is -2.83. The van der Waals surface area contributed by atoms with Crippen molar-refractivity contribution < 1.29 is 10.2 Å². The van der Waals surface area contributed by atoms with Crippen molar-refractivity contribution in [1.29, 1.82) is 0 Å². The molecule has 6 heteroatoms. The minimum atomic E-state index is -1.01. The summed E-state index contributed by atoms with van der Waals surface area (Å²) < 4.78 is 0. The van der Waals surface area contributed by atoms with Gasteiger partial charge in [-0.1, -0.05) is 18.2 Å². The number of likely N-dealkylation sites (N-methyl/N-ethyl adjacent to an activating group) is 1. The number of rotatable bonds is 3. The Balaban J connectivity index is 1.94. The lowest BCUT2D eigenvalue weighted by molar-refractivity contribution is 0.0957. The molecule has 0 fully saturated rings. The van der Waals surface area contributed by atoms with Crippen LogP contribution in [0.25, 0.3) is 21.7 Å². The molecule has 1 aromatic heterocycles. The second kappa shape index (κ2) is 6.48. The van der Waals surface area contributed by atoms with Crippen LogP contribution in [0.5, 0.6) is 0 Å². The predicted molar refractivity (Wildman–Crippen MR) is 101 cm³/mol.